The van der Waals surface area contributed by atoms with Gasteiger partial charge in [-0.3, -0.25) is 14.6 Å². The van der Waals surface area contributed by atoms with E-state index in [1.54, 1.807) is 48.0 Å². The van der Waals surface area contributed by atoms with Gasteiger partial charge in [0.1, 0.15) is 5.01 Å². The molecule has 0 saturated heterocycles. The van der Waals surface area contributed by atoms with Crippen LogP contribution < -0.4 is 5.32 Å². The number of thiazole rings is 1. The number of rotatable bonds is 7. The van der Waals surface area contributed by atoms with Crippen LogP contribution in [0.1, 0.15) is 23.2 Å². The molecule has 0 bridgehead atoms. The van der Waals surface area contributed by atoms with Crippen LogP contribution in [-0.2, 0) is 4.79 Å². The largest absolute Gasteiger partial charge is 0.326 e. The van der Waals surface area contributed by atoms with Gasteiger partial charge in [0.2, 0.25) is 5.91 Å². The molecule has 0 radical (unpaired) electrons. The van der Waals surface area contributed by atoms with Gasteiger partial charge in [-0.1, -0.05) is 23.7 Å². The molecule has 0 aliphatic carbocycles. The second-order valence-corrected chi connectivity index (χ2v) is 8.13. The van der Waals surface area contributed by atoms with Crippen molar-refractivity contribution in [2.24, 2.45) is 0 Å². The lowest BCUT2D eigenvalue weighted by atomic mass is 10.1. The van der Waals surface area contributed by atoms with Gasteiger partial charge in [-0.2, -0.15) is 0 Å². The van der Waals surface area contributed by atoms with E-state index in [-0.39, 0.29) is 24.5 Å². The van der Waals surface area contributed by atoms with E-state index in [1.807, 2.05) is 41.8 Å². The van der Waals surface area contributed by atoms with Gasteiger partial charge >= 0.3 is 0 Å². The molecule has 4 rings (SSSR count). The van der Waals surface area contributed by atoms with Crippen LogP contribution in [0.25, 0.3) is 21.8 Å². The molecule has 0 atom stereocenters. The molecule has 1 amide bonds. The van der Waals surface area contributed by atoms with E-state index < -0.39 is 0 Å². The summed E-state index contributed by atoms with van der Waals surface area (Å²) in [5.74, 6) is -0.306. The number of Topliss-reactive ketones (excluding diaryl/α,β-unsaturated/α-hetero) is 1. The van der Waals surface area contributed by atoms with E-state index >= 15 is 0 Å². The summed E-state index contributed by atoms with van der Waals surface area (Å²) in [4.78, 5) is 33.4. The number of halogens is 1. The monoisotopic (exact) mass is 447 g/mol. The smallest absolute Gasteiger partial charge is 0.224 e. The molecule has 0 aliphatic heterocycles. The molecule has 154 valence electrons. The highest BCUT2D eigenvalue weighted by atomic mass is 35.5. The molecule has 0 unspecified atom stereocenters. The second kappa shape index (κ2) is 9.64. The van der Waals surface area contributed by atoms with E-state index in [0.717, 1.165) is 21.8 Å². The Morgan fingerprint density at radius 1 is 0.968 bits per heavy atom. The van der Waals surface area contributed by atoms with E-state index in [4.69, 9.17) is 11.6 Å². The number of anilines is 1. The molecule has 2 heterocycles. The predicted octanol–water partition coefficient (Wildman–Crippen LogP) is 6.13. The number of ketones is 1. The Labute approximate surface area is 188 Å². The van der Waals surface area contributed by atoms with Crippen molar-refractivity contribution in [1.82, 2.24) is 9.97 Å². The zero-order valence-corrected chi connectivity index (χ0v) is 18.0. The average molecular weight is 448 g/mol. The molecule has 0 spiro atoms. The van der Waals surface area contributed by atoms with Gasteiger partial charge in [0.25, 0.3) is 0 Å². The Morgan fingerprint density at radius 2 is 1.77 bits per heavy atom. The van der Waals surface area contributed by atoms with Gasteiger partial charge in [0.05, 0.1) is 5.69 Å². The topological polar surface area (TPSA) is 72.0 Å². The third-order valence-electron chi connectivity index (χ3n) is 4.60. The zero-order valence-electron chi connectivity index (χ0n) is 16.4. The summed E-state index contributed by atoms with van der Waals surface area (Å²) in [5, 5.41) is 6.30. The number of hydrogen-bond donors (Lipinski definition) is 1. The molecule has 7 heteroatoms. The van der Waals surface area contributed by atoms with Crippen LogP contribution in [0.3, 0.4) is 0 Å². The average Bonchev–Trinajstić information content (AvgIpc) is 3.29. The van der Waals surface area contributed by atoms with Crippen molar-refractivity contribution in [3.8, 4) is 21.8 Å². The van der Waals surface area contributed by atoms with Crippen molar-refractivity contribution in [1.29, 1.82) is 0 Å². The normalized spacial score (nSPS) is 10.6. The molecular formula is C24H18ClN3O2S. The van der Waals surface area contributed by atoms with Crippen LogP contribution in [0, 0.1) is 0 Å². The Balaban J connectivity index is 1.38. The number of pyridine rings is 1. The number of carbonyl (C=O) groups excluding carboxylic acids is 2. The number of carbonyl (C=O) groups is 2. The fourth-order valence-electron chi connectivity index (χ4n) is 3.02. The summed E-state index contributed by atoms with van der Waals surface area (Å²) in [6.07, 6.45) is 3.75. The summed E-state index contributed by atoms with van der Waals surface area (Å²) >= 11 is 7.38. The van der Waals surface area contributed by atoms with Crippen molar-refractivity contribution in [3.63, 3.8) is 0 Å². The first-order chi connectivity index (χ1) is 15.1. The first-order valence-electron chi connectivity index (χ1n) is 9.63. The molecule has 4 aromatic rings. The van der Waals surface area contributed by atoms with Gasteiger partial charge in [0.15, 0.2) is 5.78 Å². The van der Waals surface area contributed by atoms with Crippen LogP contribution >= 0.6 is 22.9 Å². The Bertz CT molecular complexity index is 1210. The molecule has 5 nitrogen and oxygen atoms in total. The maximum atomic E-state index is 12.3. The highest BCUT2D eigenvalue weighted by molar-refractivity contribution is 7.13. The first kappa shape index (κ1) is 20.9. The first-order valence-corrected chi connectivity index (χ1v) is 10.9. The zero-order chi connectivity index (χ0) is 21.6. The summed E-state index contributed by atoms with van der Waals surface area (Å²) in [5.41, 5.74) is 3.91. The minimum Gasteiger partial charge on any atom is -0.326 e. The highest BCUT2D eigenvalue weighted by Crippen LogP contribution is 2.29. The van der Waals surface area contributed by atoms with Gasteiger partial charge in [-0.25, -0.2) is 4.98 Å². The van der Waals surface area contributed by atoms with Crippen LogP contribution in [-0.4, -0.2) is 21.7 Å². The number of aromatic nitrogens is 2. The molecule has 0 saturated carbocycles. The summed E-state index contributed by atoms with van der Waals surface area (Å²) < 4.78 is 0. The van der Waals surface area contributed by atoms with Crippen molar-refractivity contribution >= 4 is 40.3 Å². The lowest BCUT2D eigenvalue weighted by molar-refractivity contribution is -0.116. The van der Waals surface area contributed by atoms with Crippen LogP contribution in [0.15, 0.2) is 78.4 Å². The number of hydrogen-bond acceptors (Lipinski definition) is 5. The lowest BCUT2D eigenvalue weighted by Crippen LogP contribution is -2.13. The minimum atomic E-state index is -0.214. The molecule has 0 fully saturated rings. The predicted molar refractivity (Wildman–Crippen MR) is 124 cm³/mol. The standard InChI is InChI=1S/C24H18ClN3O2S/c25-19-8-6-16(7-9-19)22(29)10-11-23(30)27-20-5-1-3-17(13-20)21-15-31-24(28-21)18-4-2-12-26-14-18/h1-9,12-15H,10-11H2,(H,27,30). The minimum absolute atomic E-state index is 0.0917. The third kappa shape index (κ3) is 5.42. The van der Waals surface area contributed by atoms with Gasteiger partial charge in [0, 0.05) is 58.0 Å². The Hall–Kier alpha value is -3.35. The van der Waals surface area contributed by atoms with E-state index in [0.29, 0.717) is 16.3 Å². The quantitative estimate of drug-likeness (QED) is 0.346. The molecule has 0 aliphatic rings. The maximum Gasteiger partial charge on any atom is 0.224 e. The SMILES string of the molecule is O=C(CCC(=O)c1ccc(Cl)cc1)Nc1cccc(-c2csc(-c3cccnc3)n2)c1. The van der Waals surface area contributed by atoms with Crippen molar-refractivity contribution in [3.05, 3.63) is 89.0 Å². The van der Waals surface area contributed by atoms with Crippen molar-refractivity contribution < 1.29 is 9.59 Å². The van der Waals surface area contributed by atoms with Crippen molar-refractivity contribution in [2.75, 3.05) is 5.32 Å². The number of nitrogens with one attached hydrogen (secondary N) is 1. The number of benzene rings is 2. The van der Waals surface area contributed by atoms with Crippen LogP contribution in [0.5, 0.6) is 0 Å². The van der Waals surface area contributed by atoms with E-state index in [9.17, 15) is 9.59 Å². The molecule has 1 N–H and O–H groups in total. The molecule has 2 aromatic carbocycles. The summed E-state index contributed by atoms with van der Waals surface area (Å²) in [6.45, 7) is 0. The van der Waals surface area contributed by atoms with Gasteiger partial charge in [-0.15, -0.1) is 11.3 Å². The maximum absolute atomic E-state index is 12.3. The summed E-state index contributed by atoms with van der Waals surface area (Å²) in [6, 6.07) is 18.0. The summed E-state index contributed by atoms with van der Waals surface area (Å²) in [7, 11) is 0. The van der Waals surface area contributed by atoms with E-state index in [2.05, 4.69) is 15.3 Å². The molecular weight excluding hydrogens is 430 g/mol. The fraction of sp³-hybridized carbons (Fsp3) is 0.0833. The number of amides is 1. The molecule has 2 aromatic heterocycles. The number of nitrogens with zero attached hydrogens (tertiary/aromatic N) is 2. The van der Waals surface area contributed by atoms with Crippen molar-refractivity contribution in [2.45, 2.75) is 12.8 Å². The van der Waals surface area contributed by atoms with Gasteiger partial charge in [-0.05, 0) is 48.5 Å². The lowest BCUT2D eigenvalue weighted by Gasteiger charge is -2.07. The third-order valence-corrected chi connectivity index (χ3v) is 5.74. The van der Waals surface area contributed by atoms with E-state index in [1.165, 1.54) is 0 Å². The fourth-order valence-corrected chi connectivity index (χ4v) is 3.96. The van der Waals surface area contributed by atoms with Gasteiger partial charge < -0.3 is 5.32 Å². The Kier molecular flexibility index (Phi) is 6.50. The Morgan fingerprint density at radius 3 is 2.55 bits per heavy atom. The van der Waals surface area contributed by atoms with Crippen LogP contribution in [0.2, 0.25) is 5.02 Å². The van der Waals surface area contributed by atoms with Crippen LogP contribution in [0.4, 0.5) is 5.69 Å². The molecule has 31 heavy (non-hydrogen) atoms. The second-order valence-electron chi connectivity index (χ2n) is 6.84. The highest BCUT2D eigenvalue weighted by Gasteiger charge is 2.11.